The van der Waals surface area contributed by atoms with Crippen LogP contribution in [0.3, 0.4) is 0 Å². The molecule has 3 aromatic heterocycles. The Hall–Kier alpha value is -2.94. The van der Waals surface area contributed by atoms with Crippen LogP contribution in [0.25, 0.3) is 32.0 Å². The van der Waals surface area contributed by atoms with Crippen LogP contribution < -0.4 is 5.56 Å². The Bertz CT molecular complexity index is 1460. The highest BCUT2D eigenvalue weighted by Gasteiger charge is 2.17. The van der Waals surface area contributed by atoms with Crippen molar-refractivity contribution in [3.05, 3.63) is 81.9 Å². The SMILES string of the molecule is CCn1c(SCc2nc(-c3ccccc3Cl)no2)nc2cc(-c3ccccc3)sc2c1=O. The maximum atomic E-state index is 13.1. The highest BCUT2D eigenvalue weighted by atomic mass is 35.5. The van der Waals surface area contributed by atoms with Gasteiger partial charge in [0.25, 0.3) is 5.56 Å². The molecule has 0 unspecified atom stereocenters. The van der Waals surface area contributed by atoms with Gasteiger partial charge in [-0.25, -0.2) is 4.98 Å². The highest BCUT2D eigenvalue weighted by Crippen LogP contribution is 2.32. The monoisotopic (exact) mass is 480 g/mol. The lowest BCUT2D eigenvalue weighted by atomic mass is 10.2. The summed E-state index contributed by atoms with van der Waals surface area (Å²) in [6.45, 7) is 2.46. The summed E-state index contributed by atoms with van der Waals surface area (Å²) in [5.41, 5.74) is 2.46. The summed E-state index contributed by atoms with van der Waals surface area (Å²) in [4.78, 5) is 23.4. The molecule has 0 aliphatic heterocycles. The molecule has 0 aliphatic carbocycles. The molecule has 5 aromatic rings. The zero-order valence-corrected chi connectivity index (χ0v) is 19.4. The van der Waals surface area contributed by atoms with Crippen molar-refractivity contribution >= 4 is 44.9 Å². The van der Waals surface area contributed by atoms with Crippen LogP contribution in [0.4, 0.5) is 0 Å². The van der Waals surface area contributed by atoms with Crippen LogP contribution in [0.2, 0.25) is 5.02 Å². The highest BCUT2D eigenvalue weighted by molar-refractivity contribution is 7.98. The maximum Gasteiger partial charge on any atom is 0.272 e. The summed E-state index contributed by atoms with van der Waals surface area (Å²) >= 11 is 9.10. The van der Waals surface area contributed by atoms with Crippen molar-refractivity contribution in [2.75, 3.05) is 0 Å². The van der Waals surface area contributed by atoms with Crippen molar-refractivity contribution in [3.63, 3.8) is 0 Å². The minimum atomic E-state index is -0.0329. The molecule has 0 saturated heterocycles. The number of thiophene rings is 1. The molecule has 0 atom stereocenters. The summed E-state index contributed by atoms with van der Waals surface area (Å²) in [6, 6.07) is 19.3. The average Bonchev–Trinajstić information content (AvgIpc) is 3.46. The van der Waals surface area contributed by atoms with Gasteiger partial charge in [-0.2, -0.15) is 4.98 Å². The van der Waals surface area contributed by atoms with Gasteiger partial charge in [-0.05, 0) is 30.7 Å². The molecule has 6 nitrogen and oxygen atoms in total. The van der Waals surface area contributed by atoms with Crippen molar-refractivity contribution in [2.24, 2.45) is 0 Å². The molecule has 9 heteroatoms. The summed E-state index contributed by atoms with van der Waals surface area (Å²) in [6.07, 6.45) is 0. The third kappa shape index (κ3) is 3.97. The van der Waals surface area contributed by atoms with Crippen molar-refractivity contribution in [1.82, 2.24) is 19.7 Å². The number of hydrogen-bond acceptors (Lipinski definition) is 7. The van der Waals surface area contributed by atoms with Crippen LogP contribution in [0.15, 0.2) is 75.1 Å². The molecular formula is C23H17ClN4O2S2. The zero-order chi connectivity index (χ0) is 22.1. The Morgan fingerprint density at radius 1 is 1.09 bits per heavy atom. The van der Waals surface area contributed by atoms with Gasteiger partial charge >= 0.3 is 0 Å². The zero-order valence-electron chi connectivity index (χ0n) is 17.0. The van der Waals surface area contributed by atoms with Gasteiger partial charge < -0.3 is 4.52 Å². The second-order valence-corrected chi connectivity index (χ2v) is 9.32. The standard InChI is InChI=1S/C23H17ClN4O2S2/c1-2-28-22(29)20-17(12-18(32-20)14-8-4-3-5-9-14)25-23(28)31-13-19-26-21(27-30-19)15-10-6-7-11-16(15)24/h3-12H,2,13H2,1H3. The Labute approximate surface area is 196 Å². The quantitative estimate of drug-likeness (QED) is 0.214. The number of halogens is 1. The number of fused-ring (bicyclic) bond motifs is 1. The van der Waals surface area contributed by atoms with Gasteiger partial charge in [0.1, 0.15) is 4.70 Å². The second-order valence-electron chi connectivity index (χ2n) is 6.92. The third-order valence-electron chi connectivity index (χ3n) is 4.88. The first-order valence-corrected chi connectivity index (χ1v) is 12.1. The van der Waals surface area contributed by atoms with E-state index in [9.17, 15) is 4.79 Å². The molecule has 0 saturated carbocycles. The van der Waals surface area contributed by atoms with Crippen molar-refractivity contribution in [1.29, 1.82) is 0 Å². The van der Waals surface area contributed by atoms with Crippen LogP contribution in [0.5, 0.6) is 0 Å². The summed E-state index contributed by atoms with van der Waals surface area (Å²) in [5.74, 6) is 1.27. The van der Waals surface area contributed by atoms with E-state index in [0.29, 0.717) is 50.0 Å². The molecular weight excluding hydrogens is 464 g/mol. The topological polar surface area (TPSA) is 73.8 Å². The van der Waals surface area contributed by atoms with Crippen LogP contribution in [0.1, 0.15) is 12.8 Å². The van der Waals surface area contributed by atoms with Crippen molar-refractivity contribution in [3.8, 4) is 21.8 Å². The first-order valence-electron chi connectivity index (χ1n) is 9.94. The number of benzene rings is 2. The molecule has 5 rings (SSSR count). The number of aromatic nitrogens is 4. The molecule has 0 spiro atoms. The molecule has 160 valence electrons. The predicted octanol–water partition coefficient (Wildman–Crippen LogP) is 6.14. The van der Waals surface area contributed by atoms with E-state index in [1.54, 1.807) is 10.6 Å². The minimum Gasteiger partial charge on any atom is -0.338 e. The van der Waals surface area contributed by atoms with Gasteiger partial charge in [0.2, 0.25) is 11.7 Å². The summed E-state index contributed by atoms with van der Waals surface area (Å²) in [7, 11) is 0. The average molecular weight is 481 g/mol. The van der Waals surface area contributed by atoms with Gasteiger partial charge in [-0.3, -0.25) is 9.36 Å². The molecule has 0 bridgehead atoms. The van der Waals surface area contributed by atoms with E-state index in [1.165, 1.54) is 23.1 Å². The van der Waals surface area contributed by atoms with Gasteiger partial charge in [0.15, 0.2) is 5.16 Å². The Morgan fingerprint density at radius 3 is 2.66 bits per heavy atom. The van der Waals surface area contributed by atoms with Gasteiger partial charge in [-0.1, -0.05) is 71.0 Å². The van der Waals surface area contributed by atoms with Crippen LogP contribution >= 0.6 is 34.7 Å². The van der Waals surface area contributed by atoms with E-state index in [4.69, 9.17) is 21.1 Å². The predicted molar refractivity (Wildman–Crippen MR) is 129 cm³/mol. The smallest absolute Gasteiger partial charge is 0.272 e. The summed E-state index contributed by atoms with van der Waals surface area (Å²) in [5, 5.41) is 5.22. The first kappa shape index (κ1) is 20.9. The third-order valence-corrected chi connectivity index (χ3v) is 7.33. The summed E-state index contributed by atoms with van der Waals surface area (Å²) < 4.78 is 7.74. The largest absolute Gasteiger partial charge is 0.338 e. The van der Waals surface area contributed by atoms with E-state index in [1.807, 2.05) is 61.5 Å². The molecule has 2 aromatic carbocycles. The fraction of sp³-hybridized carbons (Fsp3) is 0.130. The van der Waals surface area contributed by atoms with Crippen molar-refractivity contribution in [2.45, 2.75) is 24.4 Å². The number of rotatable bonds is 6. The molecule has 0 amide bonds. The number of hydrogen-bond donors (Lipinski definition) is 0. The fourth-order valence-corrected chi connectivity index (χ4v) is 5.49. The van der Waals surface area contributed by atoms with E-state index in [0.717, 1.165) is 10.4 Å². The van der Waals surface area contributed by atoms with E-state index in [2.05, 4.69) is 10.1 Å². The maximum absolute atomic E-state index is 13.1. The molecule has 0 N–H and O–H groups in total. The van der Waals surface area contributed by atoms with Gasteiger partial charge in [0.05, 0.1) is 16.3 Å². The van der Waals surface area contributed by atoms with Crippen molar-refractivity contribution < 1.29 is 4.52 Å². The molecule has 0 radical (unpaired) electrons. The van der Waals surface area contributed by atoms with Crippen LogP contribution in [-0.2, 0) is 12.3 Å². The van der Waals surface area contributed by atoms with E-state index < -0.39 is 0 Å². The molecule has 0 fully saturated rings. The number of nitrogens with zero attached hydrogens (tertiary/aromatic N) is 4. The lowest BCUT2D eigenvalue weighted by Gasteiger charge is -2.08. The first-order chi connectivity index (χ1) is 15.6. The molecule has 3 heterocycles. The number of thioether (sulfide) groups is 1. The van der Waals surface area contributed by atoms with Gasteiger partial charge in [-0.15, -0.1) is 11.3 Å². The second kappa shape index (κ2) is 8.90. The lowest BCUT2D eigenvalue weighted by Crippen LogP contribution is -2.21. The Kier molecular flexibility index (Phi) is 5.82. The van der Waals surface area contributed by atoms with Gasteiger partial charge in [0, 0.05) is 17.0 Å². The molecule has 32 heavy (non-hydrogen) atoms. The van der Waals surface area contributed by atoms with Crippen LogP contribution in [-0.4, -0.2) is 19.7 Å². The Morgan fingerprint density at radius 2 is 1.88 bits per heavy atom. The Balaban J connectivity index is 1.44. The van der Waals surface area contributed by atoms with E-state index >= 15 is 0 Å². The van der Waals surface area contributed by atoms with Crippen LogP contribution in [0, 0.1) is 0 Å². The fourth-order valence-electron chi connectivity index (χ4n) is 3.32. The normalized spacial score (nSPS) is 11.3. The lowest BCUT2D eigenvalue weighted by molar-refractivity contribution is 0.391. The minimum absolute atomic E-state index is 0.0329. The van der Waals surface area contributed by atoms with E-state index in [-0.39, 0.29) is 5.56 Å². The molecule has 0 aliphatic rings.